The van der Waals surface area contributed by atoms with E-state index in [1.807, 2.05) is 31.2 Å². The van der Waals surface area contributed by atoms with Gasteiger partial charge in [-0.3, -0.25) is 9.59 Å². The Hall–Kier alpha value is -1.88. The van der Waals surface area contributed by atoms with Crippen LogP contribution in [0, 0.1) is 19.8 Å². The van der Waals surface area contributed by atoms with Gasteiger partial charge in [-0.25, -0.2) is 8.42 Å². The number of carbonyl (C=O) groups is 2. The van der Waals surface area contributed by atoms with Gasteiger partial charge in [-0.05, 0) is 32.0 Å². The number of hydrogen-bond donors (Lipinski definition) is 1. The van der Waals surface area contributed by atoms with Crippen LogP contribution in [0.25, 0.3) is 0 Å². The van der Waals surface area contributed by atoms with E-state index >= 15 is 0 Å². The summed E-state index contributed by atoms with van der Waals surface area (Å²) >= 11 is 2.92. The van der Waals surface area contributed by atoms with E-state index < -0.39 is 15.9 Å². The molecule has 0 aliphatic carbocycles. The van der Waals surface area contributed by atoms with Crippen molar-refractivity contribution in [1.82, 2.24) is 4.31 Å². The fourth-order valence-electron chi connectivity index (χ4n) is 3.71. The number of anilines is 2. The first-order valence-electron chi connectivity index (χ1n) is 10.1. The van der Waals surface area contributed by atoms with Gasteiger partial charge in [0.05, 0.1) is 11.6 Å². The molecular weight excluding hydrogens is 454 g/mol. The van der Waals surface area contributed by atoms with Gasteiger partial charge in [0.1, 0.15) is 4.21 Å². The van der Waals surface area contributed by atoms with Crippen LogP contribution < -0.4 is 10.2 Å². The predicted molar refractivity (Wildman–Crippen MR) is 125 cm³/mol. The lowest BCUT2D eigenvalue weighted by Crippen LogP contribution is -2.37. The maximum absolute atomic E-state index is 12.9. The summed E-state index contributed by atoms with van der Waals surface area (Å²) in [5, 5.41) is 2.85. The van der Waals surface area contributed by atoms with E-state index in [0.717, 1.165) is 27.6 Å². The topological polar surface area (TPSA) is 86.8 Å². The number of benzene rings is 1. The molecule has 0 radical (unpaired) electrons. The number of thiophene rings is 1. The van der Waals surface area contributed by atoms with Gasteiger partial charge >= 0.3 is 0 Å². The average molecular weight is 480 g/mol. The summed E-state index contributed by atoms with van der Waals surface area (Å²) in [5.74, 6) is 0.757. The number of nitrogens with zero attached hydrogens (tertiary/aromatic N) is 2. The summed E-state index contributed by atoms with van der Waals surface area (Å²) in [4.78, 5) is 27.7. The maximum atomic E-state index is 12.9. The summed E-state index contributed by atoms with van der Waals surface area (Å²) in [6.07, 6.45) is 0.138. The first kappa shape index (κ1) is 22.3. The number of rotatable bonds is 5. The van der Waals surface area contributed by atoms with Gasteiger partial charge in [0.2, 0.25) is 11.8 Å². The molecule has 2 aliphatic rings. The molecule has 3 heterocycles. The second kappa shape index (κ2) is 8.93. The Morgan fingerprint density at radius 3 is 2.48 bits per heavy atom. The summed E-state index contributed by atoms with van der Waals surface area (Å²) in [5.41, 5.74) is 2.39. The molecule has 2 aliphatic heterocycles. The van der Waals surface area contributed by atoms with Crippen molar-refractivity contribution in [3.8, 4) is 0 Å². The summed E-state index contributed by atoms with van der Waals surface area (Å²) in [6.45, 7) is 5.10. The number of sulfonamides is 1. The highest BCUT2D eigenvalue weighted by atomic mass is 32.2. The fraction of sp³-hybridized carbons (Fsp3) is 0.429. The van der Waals surface area contributed by atoms with Crippen LogP contribution in [0.1, 0.15) is 16.9 Å². The average Bonchev–Trinajstić information content (AvgIpc) is 3.32. The van der Waals surface area contributed by atoms with Crippen molar-refractivity contribution < 1.29 is 18.0 Å². The smallest absolute Gasteiger partial charge is 0.252 e. The van der Waals surface area contributed by atoms with Gasteiger partial charge in [-0.1, -0.05) is 17.7 Å². The standard InChI is InChI=1S/C21H25N3O4S3/c1-14-3-5-17(6-4-14)24-13-16(11-19(24)25)21(26)22-18-12-20(30-15(18)2)31(27,28)23-7-9-29-10-8-23/h3-6,12,16H,7-11,13H2,1-2H3,(H,22,26)/t16-/m0/s1. The van der Waals surface area contributed by atoms with E-state index in [2.05, 4.69) is 5.32 Å². The van der Waals surface area contributed by atoms with Crippen LogP contribution in [0.5, 0.6) is 0 Å². The molecule has 2 saturated heterocycles. The van der Waals surface area contributed by atoms with E-state index in [9.17, 15) is 18.0 Å². The third kappa shape index (κ3) is 4.67. The Balaban J connectivity index is 1.45. The molecule has 4 rings (SSSR count). The maximum Gasteiger partial charge on any atom is 0.252 e. The number of thioether (sulfide) groups is 1. The monoisotopic (exact) mass is 479 g/mol. The highest BCUT2D eigenvalue weighted by Crippen LogP contribution is 2.34. The Bertz CT molecular complexity index is 1090. The van der Waals surface area contributed by atoms with Gasteiger partial charge in [0, 0.05) is 48.1 Å². The van der Waals surface area contributed by atoms with E-state index in [-0.39, 0.29) is 22.4 Å². The molecule has 166 valence electrons. The Kier molecular flexibility index (Phi) is 6.43. The highest BCUT2D eigenvalue weighted by molar-refractivity contribution is 7.99. The molecule has 31 heavy (non-hydrogen) atoms. The van der Waals surface area contributed by atoms with Gasteiger partial charge in [0.15, 0.2) is 0 Å². The molecular formula is C21H25N3O4S3. The SMILES string of the molecule is Cc1ccc(N2C[C@@H](C(=O)Nc3cc(S(=O)(=O)N4CCSCC4)sc3C)CC2=O)cc1. The number of hydrogen-bond acceptors (Lipinski definition) is 6. The van der Waals surface area contributed by atoms with Crippen LogP contribution in [-0.2, 0) is 19.6 Å². The van der Waals surface area contributed by atoms with Crippen molar-refractivity contribution in [2.24, 2.45) is 5.92 Å². The number of nitrogens with one attached hydrogen (secondary N) is 1. The highest BCUT2D eigenvalue weighted by Gasteiger charge is 2.36. The molecule has 0 saturated carbocycles. The quantitative estimate of drug-likeness (QED) is 0.712. The van der Waals surface area contributed by atoms with Crippen molar-refractivity contribution in [3.63, 3.8) is 0 Å². The second-order valence-corrected chi connectivity index (χ2v) is 12.4. The van der Waals surface area contributed by atoms with Crippen molar-refractivity contribution in [1.29, 1.82) is 0 Å². The molecule has 0 unspecified atom stereocenters. The predicted octanol–water partition coefficient (Wildman–Crippen LogP) is 3.09. The van der Waals surface area contributed by atoms with Crippen LogP contribution in [0.3, 0.4) is 0 Å². The molecule has 1 aromatic heterocycles. The first-order valence-corrected chi connectivity index (χ1v) is 13.5. The Labute approximate surface area is 190 Å². The van der Waals surface area contributed by atoms with Crippen LogP contribution in [0.2, 0.25) is 0 Å². The zero-order valence-corrected chi connectivity index (χ0v) is 19.9. The molecule has 1 atom stereocenters. The first-order chi connectivity index (χ1) is 14.8. The van der Waals surface area contributed by atoms with Crippen LogP contribution in [-0.4, -0.2) is 55.7 Å². The lowest BCUT2D eigenvalue weighted by atomic mass is 10.1. The van der Waals surface area contributed by atoms with Gasteiger partial charge in [-0.15, -0.1) is 11.3 Å². The molecule has 10 heteroatoms. The molecule has 2 aromatic rings. The molecule has 1 aromatic carbocycles. The minimum atomic E-state index is -3.55. The normalized spacial score (nSPS) is 20.3. The Morgan fingerprint density at radius 2 is 1.81 bits per heavy atom. The molecule has 2 amide bonds. The number of aryl methyl sites for hydroxylation is 2. The zero-order chi connectivity index (χ0) is 22.2. The number of carbonyl (C=O) groups excluding carboxylic acids is 2. The van der Waals surface area contributed by atoms with Crippen molar-refractivity contribution in [2.75, 3.05) is 41.4 Å². The molecule has 0 spiro atoms. The fourth-order valence-corrected chi connectivity index (χ4v) is 7.84. The molecule has 7 nitrogen and oxygen atoms in total. The van der Waals surface area contributed by atoms with E-state index in [1.165, 1.54) is 15.6 Å². The molecule has 0 bridgehead atoms. The van der Waals surface area contributed by atoms with Gasteiger partial charge in [-0.2, -0.15) is 16.1 Å². The molecule has 2 fully saturated rings. The van der Waals surface area contributed by atoms with E-state index in [4.69, 9.17) is 0 Å². The largest absolute Gasteiger partial charge is 0.325 e. The minimum Gasteiger partial charge on any atom is -0.325 e. The van der Waals surface area contributed by atoms with Crippen molar-refractivity contribution >= 4 is 56.3 Å². The number of amides is 2. The van der Waals surface area contributed by atoms with Crippen LogP contribution >= 0.6 is 23.1 Å². The van der Waals surface area contributed by atoms with E-state index in [1.54, 1.807) is 29.7 Å². The van der Waals surface area contributed by atoms with Crippen LogP contribution in [0.4, 0.5) is 11.4 Å². The summed E-state index contributed by atoms with van der Waals surface area (Å²) in [6, 6.07) is 9.19. The third-order valence-electron chi connectivity index (χ3n) is 5.56. The lowest BCUT2D eigenvalue weighted by molar-refractivity contribution is -0.122. The minimum absolute atomic E-state index is 0.0859. The van der Waals surface area contributed by atoms with Crippen molar-refractivity contribution in [3.05, 3.63) is 40.8 Å². The Morgan fingerprint density at radius 1 is 1.13 bits per heavy atom. The second-order valence-electron chi connectivity index (χ2n) is 7.78. The lowest BCUT2D eigenvalue weighted by Gasteiger charge is -2.24. The zero-order valence-electron chi connectivity index (χ0n) is 17.5. The van der Waals surface area contributed by atoms with Gasteiger partial charge < -0.3 is 10.2 Å². The van der Waals surface area contributed by atoms with E-state index in [0.29, 0.717) is 25.3 Å². The third-order valence-corrected chi connectivity index (χ3v) is 9.90. The summed E-state index contributed by atoms with van der Waals surface area (Å²) in [7, 11) is -3.55. The summed E-state index contributed by atoms with van der Waals surface area (Å²) < 4.78 is 27.6. The van der Waals surface area contributed by atoms with Crippen LogP contribution in [0.15, 0.2) is 34.5 Å². The van der Waals surface area contributed by atoms with Crippen molar-refractivity contribution in [2.45, 2.75) is 24.5 Å². The van der Waals surface area contributed by atoms with Gasteiger partial charge in [0.25, 0.3) is 10.0 Å². The molecule has 1 N–H and O–H groups in total.